The molecular weight excluding hydrogens is 457 g/mol. The van der Waals surface area contributed by atoms with Gasteiger partial charge in [-0.05, 0) is 85.8 Å². The maximum Gasteiger partial charge on any atom is 0.310 e. The normalized spacial score (nSPS) is 13.2. The van der Waals surface area contributed by atoms with E-state index in [0.29, 0.717) is 12.4 Å². The highest BCUT2D eigenvalue weighted by Gasteiger charge is 2.18. The predicted octanol–water partition coefficient (Wildman–Crippen LogP) is 6.49. The quantitative estimate of drug-likeness (QED) is 0.327. The predicted molar refractivity (Wildman–Crippen MR) is 141 cm³/mol. The Bertz CT molecular complexity index is 1170. The molecule has 0 aromatic heterocycles. The maximum absolute atomic E-state index is 13.2. The third-order valence-corrected chi connectivity index (χ3v) is 5.77. The topological polar surface area (TPSA) is 70.8 Å². The zero-order valence-electron chi connectivity index (χ0n) is 21.7. The van der Waals surface area contributed by atoms with E-state index in [1.54, 1.807) is 7.11 Å². The van der Waals surface area contributed by atoms with Crippen LogP contribution in [0, 0.1) is 0 Å². The summed E-state index contributed by atoms with van der Waals surface area (Å²) in [6.07, 6.45) is 0.000530. The highest BCUT2D eigenvalue weighted by molar-refractivity contribution is 5.74. The van der Waals surface area contributed by atoms with Gasteiger partial charge in [-0.25, -0.2) is 4.39 Å². The van der Waals surface area contributed by atoms with E-state index in [4.69, 9.17) is 19.9 Å². The standard InChI is InChI=1S/C30H36FNO4/c1-20(34-5)25-13-21(14-26(16-25)22-10-8-11-23(15-22)27(32)18-31)19-35-28-12-7-6-9-24(28)17-29(33)36-30(2,3)4/h6-16,20,27H,17-19,32H2,1-5H3. The van der Waals surface area contributed by atoms with Crippen molar-refractivity contribution in [1.29, 1.82) is 0 Å². The third kappa shape index (κ3) is 7.64. The molecule has 0 heterocycles. The molecule has 2 N–H and O–H groups in total. The highest BCUT2D eigenvalue weighted by Crippen LogP contribution is 2.29. The van der Waals surface area contributed by atoms with Crippen molar-refractivity contribution in [3.8, 4) is 16.9 Å². The van der Waals surface area contributed by atoms with Crippen LogP contribution in [0.2, 0.25) is 0 Å². The Morgan fingerprint density at radius 3 is 2.39 bits per heavy atom. The molecule has 192 valence electrons. The molecule has 0 spiro atoms. The largest absolute Gasteiger partial charge is 0.489 e. The monoisotopic (exact) mass is 493 g/mol. The van der Waals surface area contributed by atoms with Crippen molar-refractivity contribution in [1.82, 2.24) is 0 Å². The Morgan fingerprint density at radius 2 is 1.69 bits per heavy atom. The summed E-state index contributed by atoms with van der Waals surface area (Å²) in [5.41, 5.74) is 10.7. The number of ether oxygens (including phenoxy) is 3. The van der Waals surface area contributed by atoms with E-state index < -0.39 is 18.3 Å². The smallest absolute Gasteiger partial charge is 0.310 e. The lowest BCUT2D eigenvalue weighted by Gasteiger charge is -2.20. The number of benzene rings is 3. The highest BCUT2D eigenvalue weighted by atomic mass is 19.1. The van der Waals surface area contributed by atoms with E-state index in [-0.39, 0.29) is 18.5 Å². The Kier molecular flexibility index (Phi) is 9.24. The molecule has 0 amide bonds. The fourth-order valence-corrected chi connectivity index (χ4v) is 3.86. The molecule has 2 unspecified atom stereocenters. The number of hydrogen-bond acceptors (Lipinski definition) is 5. The Hall–Kier alpha value is -3.22. The molecule has 0 aliphatic carbocycles. The lowest BCUT2D eigenvalue weighted by molar-refractivity contribution is -0.153. The number of rotatable bonds is 10. The van der Waals surface area contributed by atoms with E-state index in [0.717, 1.165) is 33.4 Å². The minimum absolute atomic E-state index is 0.126. The van der Waals surface area contributed by atoms with Gasteiger partial charge in [0.1, 0.15) is 24.6 Å². The molecule has 2 atom stereocenters. The second-order valence-electron chi connectivity index (χ2n) is 9.89. The fraction of sp³-hybridized carbons (Fsp3) is 0.367. The number of para-hydroxylation sites is 1. The van der Waals surface area contributed by atoms with Gasteiger partial charge in [-0.15, -0.1) is 0 Å². The molecule has 0 saturated heterocycles. The van der Waals surface area contributed by atoms with Crippen molar-refractivity contribution in [3.63, 3.8) is 0 Å². The van der Waals surface area contributed by atoms with Crippen molar-refractivity contribution in [2.75, 3.05) is 13.8 Å². The Balaban J connectivity index is 1.87. The van der Waals surface area contributed by atoms with Crippen molar-refractivity contribution in [2.24, 2.45) is 5.73 Å². The number of esters is 1. The van der Waals surface area contributed by atoms with Crippen LogP contribution >= 0.6 is 0 Å². The maximum atomic E-state index is 13.2. The summed E-state index contributed by atoms with van der Waals surface area (Å²) in [5.74, 6) is 0.328. The SMILES string of the molecule is COC(C)c1cc(COc2ccccc2CC(=O)OC(C)(C)C)cc(-c2cccc(C(N)CF)c2)c1. The van der Waals surface area contributed by atoms with Gasteiger partial charge < -0.3 is 19.9 Å². The van der Waals surface area contributed by atoms with Gasteiger partial charge in [0.25, 0.3) is 0 Å². The van der Waals surface area contributed by atoms with Crippen LogP contribution in [0.3, 0.4) is 0 Å². The number of hydrogen-bond donors (Lipinski definition) is 1. The molecule has 3 aromatic rings. The lowest BCUT2D eigenvalue weighted by atomic mass is 9.95. The fourth-order valence-electron chi connectivity index (χ4n) is 3.86. The average molecular weight is 494 g/mol. The van der Waals surface area contributed by atoms with Gasteiger partial charge in [0, 0.05) is 12.7 Å². The lowest BCUT2D eigenvalue weighted by Crippen LogP contribution is -2.25. The van der Waals surface area contributed by atoms with Gasteiger partial charge in [0.05, 0.1) is 18.6 Å². The van der Waals surface area contributed by atoms with Crippen molar-refractivity contribution in [3.05, 3.63) is 89.0 Å². The molecule has 3 rings (SSSR count). The van der Waals surface area contributed by atoms with Gasteiger partial charge in [-0.2, -0.15) is 0 Å². The molecular formula is C30H36FNO4. The minimum Gasteiger partial charge on any atom is -0.489 e. The second kappa shape index (κ2) is 12.2. The summed E-state index contributed by atoms with van der Waals surface area (Å²) in [5, 5.41) is 0. The van der Waals surface area contributed by atoms with Crippen molar-refractivity contribution < 1.29 is 23.4 Å². The van der Waals surface area contributed by atoms with E-state index in [1.807, 2.05) is 88.4 Å². The van der Waals surface area contributed by atoms with E-state index >= 15 is 0 Å². The second-order valence-corrected chi connectivity index (χ2v) is 9.89. The zero-order valence-corrected chi connectivity index (χ0v) is 21.7. The summed E-state index contributed by atoms with van der Waals surface area (Å²) in [6.45, 7) is 7.20. The number of carbonyl (C=O) groups excluding carboxylic acids is 1. The summed E-state index contributed by atoms with van der Waals surface area (Å²) in [6, 6.07) is 20.6. The van der Waals surface area contributed by atoms with Crippen LogP contribution < -0.4 is 10.5 Å². The number of halogens is 1. The third-order valence-electron chi connectivity index (χ3n) is 5.77. The molecule has 6 heteroatoms. The summed E-state index contributed by atoms with van der Waals surface area (Å²) < 4.78 is 30.4. The van der Waals surface area contributed by atoms with Gasteiger partial charge in [0.2, 0.25) is 0 Å². The van der Waals surface area contributed by atoms with Gasteiger partial charge in [-0.3, -0.25) is 4.79 Å². The van der Waals surface area contributed by atoms with E-state index in [1.165, 1.54) is 0 Å². The first-order chi connectivity index (χ1) is 17.1. The summed E-state index contributed by atoms with van der Waals surface area (Å²) in [4.78, 5) is 12.4. The average Bonchev–Trinajstić information content (AvgIpc) is 2.86. The summed E-state index contributed by atoms with van der Waals surface area (Å²) in [7, 11) is 1.67. The first-order valence-corrected chi connectivity index (χ1v) is 12.1. The van der Waals surface area contributed by atoms with Crippen LogP contribution in [0.4, 0.5) is 4.39 Å². The minimum atomic E-state index is -0.657. The van der Waals surface area contributed by atoms with Crippen LogP contribution in [-0.4, -0.2) is 25.4 Å². The van der Waals surface area contributed by atoms with Crippen LogP contribution in [0.25, 0.3) is 11.1 Å². The van der Waals surface area contributed by atoms with Crippen LogP contribution in [-0.2, 0) is 27.3 Å². The van der Waals surface area contributed by atoms with Crippen LogP contribution in [0.5, 0.6) is 5.75 Å². The number of alkyl halides is 1. The molecule has 36 heavy (non-hydrogen) atoms. The molecule has 0 fully saturated rings. The molecule has 0 aliphatic rings. The number of methoxy groups -OCH3 is 1. The van der Waals surface area contributed by atoms with Crippen molar-refractivity contribution in [2.45, 2.75) is 58.5 Å². The summed E-state index contributed by atoms with van der Waals surface area (Å²) >= 11 is 0. The van der Waals surface area contributed by atoms with Gasteiger partial charge >= 0.3 is 5.97 Å². The molecule has 5 nitrogen and oxygen atoms in total. The molecule has 0 bridgehead atoms. The van der Waals surface area contributed by atoms with Gasteiger partial charge in [-0.1, -0.05) is 36.4 Å². The van der Waals surface area contributed by atoms with E-state index in [9.17, 15) is 9.18 Å². The van der Waals surface area contributed by atoms with Crippen molar-refractivity contribution >= 4 is 5.97 Å². The first kappa shape index (κ1) is 27.4. The molecule has 3 aromatic carbocycles. The first-order valence-electron chi connectivity index (χ1n) is 12.1. The number of carbonyl (C=O) groups is 1. The molecule has 0 saturated carbocycles. The van der Waals surface area contributed by atoms with E-state index in [2.05, 4.69) is 6.07 Å². The Labute approximate surface area is 213 Å². The molecule has 0 aliphatic heterocycles. The van der Waals surface area contributed by atoms with Crippen LogP contribution in [0.1, 0.15) is 62.1 Å². The number of nitrogens with two attached hydrogens (primary N) is 1. The van der Waals surface area contributed by atoms with Crippen LogP contribution in [0.15, 0.2) is 66.7 Å². The Morgan fingerprint density at radius 1 is 0.972 bits per heavy atom. The molecule has 0 radical (unpaired) electrons. The zero-order chi connectivity index (χ0) is 26.3. The van der Waals surface area contributed by atoms with Gasteiger partial charge in [0.15, 0.2) is 0 Å².